The molecule has 0 aliphatic heterocycles. The van der Waals surface area contributed by atoms with Crippen molar-refractivity contribution in [3.63, 3.8) is 0 Å². The summed E-state index contributed by atoms with van der Waals surface area (Å²) in [5.41, 5.74) is 0. The third-order valence-corrected chi connectivity index (χ3v) is 4.03. The molecule has 1 fully saturated rings. The molecular weight excluding hydrogens is 272 g/mol. The van der Waals surface area contributed by atoms with Crippen LogP contribution < -0.4 is 0 Å². The lowest BCUT2D eigenvalue weighted by Gasteiger charge is -2.39. The van der Waals surface area contributed by atoms with E-state index in [9.17, 15) is 10.2 Å². The van der Waals surface area contributed by atoms with Crippen LogP contribution in [0.2, 0.25) is 0 Å². The fourth-order valence-corrected chi connectivity index (χ4v) is 2.58. The molecule has 4 N–H and O–H groups in total. The lowest BCUT2D eigenvalue weighted by atomic mass is 9.75. The van der Waals surface area contributed by atoms with Crippen LogP contribution in [0.4, 0.5) is 0 Å². The molecule has 1 aliphatic carbocycles. The maximum atomic E-state index is 9.59. The minimum absolute atomic E-state index is 0.0151. The molecule has 4 unspecified atom stereocenters. The van der Waals surface area contributed by atoms with Crippen LogP contribution in [0.1, 0.15) is 60.3 Å². The van der Waals surface area contributed by atoms with E-state index in [0.29, 0.717) is 17.8 Å². The Balaban J connectivity index is 0.000000690. The van der Waals surface area contributed by atoms with Crippen LogP contribution >= 0.6 is 0 Å². The lowest BCUT2D eigenvalue weighted by molar-refractivity contribution is -0.364. The molecule has 1 aliphatic rings. The lowest BCUT2D eigenvalue weighted by Crippen LogP contribution is -2.43. The zero-order valence-electron chi connectivity index (χ0n) is 14.1. The average molecular weight is 306 g/mol. The molecule has 0 radical (unpaired) electrons. The third-order valence-electron chi connectivity index (χ3n) is 4.03. The molecule has 0 spiro atoms. The SMILES string of the molecule is CC(O)CO.CCC(O)(O)OC1CC(C)CCC1C(C)C. The van der Waals surface area contributed by atoms with Crippen molar-refractivity contribution in [2.24, 2.45) is 17.8 Å². The monoisotopic (exact) mass is 306 g/mol. The van der Waals surface area contributed by atoms with Crippen molar-refractivity contribution < 1.29 is 25.2 Å². The molecule has 4 atom stereocenters. The molecule has 0 heterocycles. The molecule has 0 amide bonds. The Morgan fingerprint density at radius 3 is 2.10 bits per heavy atom. The van der Waals surface area contributed by atoms with E-state index in [0.717, 1.165) is 12.8 Å². The topological polar surface area (TPSA) is 90.2 Å². The molecule has 0 bridgehead atoms. The van der Waals surface area contributed by atoms with Gasteiger partial charge in [0.15, 0.2) is 0 Å². The first-order chi connectivity index (χ1) is 9.62. The fraction of sp³-hybridized carbons (Fsp3) is 1.00. The second-order valence-corrected chi connectivity index (χ2v) is 6.61. The second-order valence-electron chi connectivity index (χ2n) is 6.61. The summed E-state index contributed by atoms with van der Waals surface area (Å²) in [7, 11) is 0. The third kappa shape index (κ3) is 8.73. The predicted octanol–water partition coefficient (Wildman–Crippen LogP) is 1.87. The van der Waals surface area contributed by atoms with E-state index in [4.69, 9.17) is 14.9 Å². The van der Waals surface area contributed by atoms with Crippen molar-refractivity contribution in [2.45, 2.75) is 78.5 Å². The maximum absolute atomic E-state index is 9.59. The fourth-order valence-electron chi connectivity index (χ4n) is 2.58. The standard InChI is InChI=1S/C13H26O3.C3H8O2/c1-5-13(14,15)16-12-8-10(4)6-7-11(12)9(2)3;1-3(5)2-4/h9-12,14-15H,5-8H2,1-4H3;3-5H,2H2,1H3. The van der Waals surface area contributed by atoms with Crippen molar-refractivity contribution in [3.05, 3.63) is 0 Å². The number of hydrogen-bond acceptors (Lipinski definition) is 5. The van der Waals surface area contributed by atoms with Crippen molar-refractivity contribution >= 4 is 0 Å². The second kappa shape index (κ2) is 9.74. The number of hydrogen-bond donors (Lipinski definition) is 4. The molecule has 128 valence electrons. The van der Waals surface area contributed by atoms with E-state index >= 15 is 0 Å². The highest BCUT2D eigenvalue weighted by atomic mass is 16.8. The zero-order chi connectivity index (χ0) is 16.6. The van der Waals surface area contributed by atoms with Crippen LogP contribution in [-0.2, 0) is 4.74 Å². The van der Waals surface area contributed by atoms with Gasteiger partial charge in [-0.15, -0.1) is 0 Å². The Bertz CT molecular complexity index is 265. The van der Waals surface area contributed by atoms with Gasteiger partial charge < -0.3 is 25.2 Å². The highest BCUT2D eigenvalue weighted by molar-refractivity contribution is 4.82. The Morgan fingerprint density at radius 1 is 1.19 bits per heavy atom. The number of aliphatic hydroxyl groups is 4. The molecule has 5 heteroatoms. The van der Waals surface area contributed by atoms with Crippen LogP contribution in [0.15, 0.2) is 0 Å². The van der Waals surface area contributed by atoms with E-state index in [1.54, 1.807) is 6.92 Å². The minimum atomic E-state index is -1.95. The Kier molecular flexibility index (Phi) is 9.65. The summed E-state index contributed by atoms with van der Waals surface area (Å²) in [4.78, 5) is 0. The molecular formula is C16H34O5. The van der Waals surface area contributed by atoms with Gasteiger partial charge in [-0.1, -0.05) is 34.1 Å². The Labute approximate surface area is 129 Å². The van der Waals surface area contributed by atoms with Crippen LogP contribution in [0.25, 0.3) is 0 Å². The number of rotatable bonds is 5. The maximum Gasteiger partial charge on any atom is 0.277 e. The number of ether oxygens (including phenoxy) is 1. The van der Waals surface area contributed by atoms with Crippen molar-refractivity contribution in [1.82, 2.24) is 0 Å². The Morgan fingerprint density at radius 2 is 1.71 bits per heavy atom. The highest BCUT2D eigenvalue weighted by Crippen LogP contribution is 2.36. The van der Waals surface area contributed by atoms with E-state index in [1.807, 2.05) is 0 Å². The smallest absolute Gasteiger partial charge is 0.277 e. The Hall–Kier alpha value is -0.200. The van der Waals surface area contributed by atoms with Crippen LogP contribution in [0.5, 0.6) is 0 Å². The van der Waals surface area contributed by atoms with Crippen LogP contribution in [-0.4, -0.2) is 45.2 Å². The van der Waals surface area contributed by atoms with E-state index < -0.39 is 12.1 Å². The van der Waals surface area contributed by atoms with Gasteiger partial charge in [-0.2, -0.15) is 0 Å². The molecule has 1 rings (SSSR count). The van der Waals surface area contributed by atoms with E-state index in [1.165, 1.54) is 13.3 Å². The quantitative estimate of drug-likeness (QED) is 0.582. The highest BCUT2D eigenvalue weighted by Gasteiger charge is 2.36. The number of aliphatic hydroxyl groups excluding tert-OH is 2. The van der Waals surface area contributed by atoms with E-state index in [-0.39, 0.29) is 19.1 Å². The summed E-state index contributed by atoms with van der Waals surface area (Å²) in [6.07, 6.45) is 2.92. The molecule has 0 aromatic rings. The zero-order valence-corrected chi connectivity index (χ0v) is 14.1. The van der Waals surface area contributed by atoms with Gasteiger partial charge in [-0.05, 0) is 37.5 Å². The largest absolute Gasteiger partial charge is 0.394 e. The van der Waals surface area contributed by atoms with Crippen LogP contribution in [0.3, 0.4) is 0 Å². The predicted molar refractivity (Wildman–Crippen MR) is 82.4 cm³/mol. The first-order valence-electron chi connectivity index (χ1n) is 8.04. The van der Waals surface area contributed by atoms with Gasteiger partial charge in [-0.25, -0.2) is 0 Å². The van der Waals surface area contributed by atoms with Gasteiger partial charge >= 0.3 is 0 Å². The molecule has 5 nitrogen and oxygen atoms in total. The van der Waals surface area contributed by atoms with E-state index in [2.05, 4.69) is 20.8 Å². The molecule has 1 saturated carbocycles. The summed E-state index contributed by atoms with van der Waals surface area (Å²) >= 11 is 0. The molecule has 0 aromatic carbocycles. The first-order valence-corrected chi connectivity index (χ1v) is 8.04. The molecule has 0 aromatic heterocycles. The van der Waals surface area contributed by atoms with Gasteiger partial charge in [0.2, 0.25) is 0 Å². The summed E-state index contributed by atoms with van der Waals surface area (Å²) in [5.74, 6) is -0.353. The molecule has 0 saturated heterocycles. The van der Waals surface area contributed by atoms with Gasteiger partial charge in [0.05, 0.1) is 18.8 Å². The van der Waals surface area contributed by atoms with Crippen molar-refractivity contribution in [1.29, 1.82) is 0 Å². The van der Waals surface area contributed by atoms with Gasteiger partial charge in [0.25, 0.3) is 5.97 Å². The van der Waals surface area contributed by atoms with Crippen molar-refractivity contribution in [2.75, 3.05) is 6.61 Å². The normalized spacial score (nSPS) is 28.0. The average Bonchev–Trinajstić information content (AvgIpc) is 2.38. The minimum Gasteiger partial charge on any atom is -0.394 e. The summed E-state index contributed by atoms with van der Waals surface area (Å²) in [6.45, 7) is 9.67. The van der Waals surface area contributed by atoms with Gasteiger partial charge in [0.1, 0.15) is 0 Å². The first kappa shape index (κ1) is 20.8. The van der Waals surface area contributed by atoms with Gasteiger partial charge in [0, 0.05) is 6.42 Å². The molecule has 21 heavy (non-hydrogen) atoms. The summed E-state index contributed by atoms with van der Waals surface area (Å²) in [6, 6.07) is 0. The van der Waals surface area contributed by atoms with Crippen LogP contribution in [0, 0.1) is 17.8 Å². The summed E-state index contributed by atoms with van der Waals surface area (Å²) in [5, 5.41) is 35.2. The summed E-state index contributed by atoms with van der Waals surface area (Å²) < 4.78 is 5.48. The van der Waals surface area contributed by atoms with Crippen molar-refractivity contribution in [3.8, 4) is 0 Å². The van der Waals surface area contributed by atoms with Gasteiger partial charge in [-0.3, -0.25) is 0 Å².